The minimum atomic E-state index is 0. The van der Waals surface area contributed by atoms with E-state index in [-0.39, 0.29) is 12.4 Å². The highest BCUT2D eigenvalue weighted by molar-refractivity contribution is 6.31. The molecule has 0 saturated carbocycles. The molecule has 1 unspecified atom stereocenters. The topological polar surface area (TPSA) is 36.4 Å². The Bertz CT molecular complexity index is 526. The van der Waals surface area contributed by atoms with E-state index < -0.39 is 0 Å². The van der Waals surface area contributed by atoms with Crippen LogP contribution in [0.5, 0.6) is 0 Å². The van der Waals surface area contributed by atoms with Crippen LogP contribution in [-0.2, 0) is 0 Å². The van der Waals surface area contributed by atoms with Crippen LogP contribution >= 0.6 is 24.0 Å². The second kappa shape index (κ2) is 6.23. The molecule has 1 atom stereocenters. The van der Waals surface area contributed by atoms with E-state index in [4.69, 9.17) is 11.6 Å². The maximum Gasteiger partial charge on any atom is 0.104 e. The third-order valence-electron chi connectivity index (χ3n) is 3.93. The molecule has 1 aromatic carbocycles. The van der Waals surface area contributed by atoms with Gasteiger partial charge in [0.25, 0.3) is 0 Å². The van der Waals surface area contributed by atoms with Crippen LogP contribution in [0, 0.1) is 0 Å². The van der Waals surface area contributed by atoms with Crippen molar-refractivity contribution >= 4 is 35.5 Å². The summed E-state index contributed by atoms with van der Waals surface area (Å²) < 4.78 is 0. The number of halogens is 2. The minimum absolute atomic E-state index is 0. The van der Waals surface area contributed by atoms with E-state index in [0.29, 0.717) is 11.8 Å². The molecule has 0 aliphatic carbocycles. The Balaban J connectivity index is 0.00000147. The fourth-order valence-corrected chi connectivity index (χ4v) is 3.25. The lowest BCUT2D eigenvalue weighted by Gasteiger charge is -2.30. The van der Waals surface area contributed by atoms with Crippen LogP contribution in [-0.4, -0.2) is 25.5 Å². The Labute approximate surface area is 131 Å². The molecule has 0 aromatic heterocycles. The summed E-state index contributed by atoms with van der Waals surface area (Å²) in [6.45, 7) is 7.28. The van der Waals surface area contributed by atoms with Gasteiger partial charge in [0.05, 0.1) is 6.54 Å². The van der Waals surface area contributed by atoms with Crippen LogP contribution in [0.15, 0.2) is 17.1 Å². The van der Waals surface area contributed by atoms with Gasteiger partial charge in [-0.1, -0.05) is 25.4 Å². The van der Waals surface area contributed by atoms with E-state index >= 15 is 0 Å². The molecule has 20 heavy (non-hydrogen) atoms. The molecule has 3 nitrogen and oxygen atoms in total. The highest BCUT2D eigenvalue weighted by Crippen LogP contribution is 2.39. The lowest BCUT2D eigenvalue weighted by Crippen LogP contribution is -2.30. The van der Waals surface area contributed by atoms with Gasteiger partial charge in [-0.2, -0.15) is 0 Å². The van der Waals surface area contributed by atoms with Gasteiger partial charge in [-0.15, -0.1) is 12.4 Å². The van der Waals surface area contributed by atoms with E-state index in [0.717, 1.165) is 36.9 Å². The minimum Gasteiger partial charge on any atom is -0.385 e. The van der Waals surface area contributed by atoms with Crippen molar-refractivity contribution in [2.45, 2.75) is 32.1 Å². The molecule has 0 saturated heterocycles. The summed E-state index contributed by atoms with van der Waals surface area (Å²) in [6.07, 6.45) is 1.08. The third kappa shape index (κ3) is 2.75. The second-order valence-corrected chi connectivity index (χ2v) is 6.01. The summed E-state index contributed by atoms with van der Waals surface area (Å²) >= 11 is 6.31. The number of aliphatic imine (C=N–C) groups is 1. The fraction of sp³-hybridized carbons (Fsp3) is 0.533. The SMILES string of the molecule is CC(C)c1cc(Cl)cc2c1NCCC2C1=NCCN1.Cl. The van der Waals surface area contributed by atoms with Crippen molar-refractivity contribution < 1.29 is 0 Å². The Hall–Kier alpha value is -0.930. The van der Waals surface area contributed by atoms with Crippen molar-refractivity contribution in [3.05, 3.63) is 28.3 Å². The van der Waals surface area contributed by atoms with E-state index in [1.807, 2.05) is 0 Å². The zero-order chi connectivity index (χ0) is 13.4. The van der Waals surface area contributed by atoms with Gasteiger partial charge < -0.3 is 10.6 Å². The number of hydrogen-bond acceptors (Lipinski definition) is 3. The number of benzene rings is 1. The van der Waals surface area contributed by atoms with Crippen LogP contribution < -0.4 is 10.6 Å². The average Bonchev–Trinajstić information content (AvgIpc) is 2.90. The third-order valence-corrected chi connectivity index (χ3v) is 4.14. The van der Waals surface area contributed by atoms with Gasteiger partial charge in [0.15, 0.2) is 0 Å². The largest absolute Gasteiger partial charge is 0.385 e. The summed E-state index contributed by atoms with van der Waals surface area (Å²) in [5.41, 5.74) is 3.88. The number of anilines is 1. The summed E-state index contributed by atoms with van der Waals surface area (Å²) in [4.78, 5) is 4.60. The van der Waals surface area contributed by atoms with Gasteiger partial charge in [0, 0.05) is 29.7 Å². The molecule has 1 aromatic rings. The van der Waals surface area contributed by atoms with Crippen LogP contribution in [0.4, 0.5) is 5.69 Å². The molecule has 2 heterocycles. The van der Waals surface area contributed by atoms with E-state index in [9.17, 15) is 0 Å². The van der Waals surface area contributed by atoms with Gasteiger partial charge in [-0.05, 0) is 35.6 Å². The first-order valence-electron chi connectivity index (χ1n) is 7.02. The molecule has 0 radical (unpaired) electrons. The molecular formula is C15H21Cl2N3. The monoisotopic (exact) mass is 313 g/mol. The van der Waals surface area contributed by atoms with Crippen LogP contribution in [0.2, 0.25) is 5.02 Å². The molecule has 3 rings (SSSR count). The van der Waals surface area contributed by atoms with Gasteiger partial charge in [0.1, 0.15) is 5.84 Å². The molecular weight excluding hydrogens is 293 g/mol. The smallest absolute Gasteiger partial charge is 0.104 e. The van der Waals surface area contributed by atoms with Crippen LogP contribution in [0.3, 0.4) is 0 Å². The Morgan fingerprint density at radius 1 is 1.25 bits per heavy atom. The molecule has 0 spiro atoms. The van der Waals surface area contributed by atoms with Crippen LogP contribution in [0.25, 0.3) is 0 Å². The molecule has 110 valence electrons. The number of nitrogens with one attached hydrogen (secondary N) is 2. The number of amidine groups is 1. The number of nitrogens with zero attached hydrogens (tertiary/aromatic N) is 1. The lowest BCUT2D eigenvalue weighted by atomic mass is 9.86. The highest BCUT2D eigenvalue weighted by atomic mass is 35.5. The van der Waals surface area contributed by atoms with Gasteiger partial charge in [-0.25, -0.2) is 0 Å². The van der Waals surface area contributed by atoms with Crippen molar-refractivity contribution in [3.8, 4) is 0 Å². The van der Waals surface area contributed by atoms with Crippen molar-refractivity contribution in [1.29, 1.82) is 0 Å². The molecule has 2 aliphatic heterocycles. The average molecular weight is 314 g/mol. The van der Waals surface area contributed by atoms with Crippen molar-refractivity contribution in [2.24, 2.45) is 4.99 Å². The molecule has 0 amide bonds. The highest BCUT2D eigenvalue weighted by Gasteiger charge is 2.28. The van der Waals surface area contributed by atoms with Gasteiger partial charge >= 0.3 is 0 Å². The quantitative estimate of drug-likeness (QED) is 0.871. The maximum atomic E-state index is 6.31. The first-order chi connectivity index (χ1) is 9.16. The zero-order valence-electron chi connectivity index (χ0n) is 11.9. The van der Waals surface area contributed by atoms with E-state index in [1.54, 1.807) is 0 Å². The van der Waals surface area contributed by atoms with Crippen molar-refractivity contribution in [3.63, 3.8) is 0 Å². The van der Waals surface area contributed by atoms with E-state index in [2.05, 4.69) is 41.6 Å². The molecule has 5 heteroatoms. The Kier molecular flexibility index (Phi) is 4.82. The molecule has 0 bridgehead atoms. The molecule has 2 aliphatic rings. The molecule has 0 fully saturated rings. The standard InChI is InChI=1S/C15H20ClN3.ClH/c1-9(2)12-7-10(16)8-13-11(3-4-17-14(12)13)15-18-5-6-19-15;/h7-9,11,17H,3-6H2,1-2H3,(H,18,19);1H. The summed E-state index contributed by atoms with van der Waals surface area (Å²) in [5, 5.41) is 7.79. The van der Waals surface area contributed by atoms with Gasteiger partial charge in [0.2, 0.25) is 0 Å². The van der Waals surface area contributed by atoms with Gasteiger partial charge in [-0.3, -0.25) is 4.99 Å². The Morgan fingerprint density at radius 2 is 2.05 bits per heavy atom. The summed E-state index contributed by atoms with van der Waals surface area (Å²) in [7, 11) is 0. The molecule has 2 N–H and O–H groups in total. The number of fused-ring (bicyclic) bond motifs is 1. The second-order valence-electron chi connectivity index (χ2n) is 5.58. The first kappa shape index (κ1) is 15.5. The number of rotatable bonds is 2. The Morgan fingerprint density at radius 3 is 2.70 bits per heavy atom. The van der Waals surface area contributed by atoms with E-state index in [1.165, 1.54) is 16.8 Å². The summed E-state index contributed by atoms with van der Waals surface area (Å²) in [6, 6.07) is 4.19. The normalized spacial score (nSPS) is 20.6. The summed E-state index contributed by atoms with van der Waals surface area (Å²) in [5.74, 6) is 1.98. The van der Waals surface area contributed by atoms with Crippen molar-refractivity contribution in [1.82, 2.24) is 5.32 Å². The van der Waals surface area contributed by atoms with Crippen LogP contribution in [0.1, 0.15) is 43.2 Å². The first-order valence-corrected chi connectivity index (χ1v) is 7.40. The predicted octanol–water partition coefficient (Wildman–Crippen LogP) is 3.79. The maximum absolute atomic E-state index is 6.31. The lowest BCUT2D eigenvalue weighted by molar-refractivity contribution is 0.744. The fourth-order valence-electron chi connectivity index (χ4n) is 3.01. The zero-order valence-corrected chi connectivity index (χ0v) is 13.4. The predicted molar refractivity (Wildman–Crippen MR) is 88.9 cm³/mol. The van der Waals surface area contributed by atoms with Crippen molar-refractivity contribution in [2.75, 3.05) is 25.0 Å². The number of hydrogen-bond donors (Lipinski definition) is 2.